The molecule has 1 unspecified atom stereocenters. The van der Waals surface area contributed by atoms with Crippen LogP contribution in [-0.2, 0) is 0 Å². The maximum Gasteiger partial charge on any atom is 0.409 e. The highest BCUT2D eigenvalue weighted by atomic mass is 35.5. The molecule has 0 amide bonds. The molecule has 8 heteroatoms. The Kier molecular flexibility index (Phi) is 5.02. The fourth-order valence-electron chi connectivity index (χ4n) is 2.51. The van der Waals surface area contributed by atoms with Crippen LogP contribution in [0.1, 0.15) is 11.1 Å². The topological polar surface area (TPSA) is 41.3 Å². The van der Waals surface area contributed by atoms with E-state index < -0.39 is 12.2 Å². The minimum atomic E-state index is -4.40. The molecule has 0 aliphatic carbocycles. The molecule has 1 heterocycles. The lowest BCUT2D eigenvalue weighted by Gasteiger charge is -2.25. The van der Waals surface area contributed by atoms with Crippen molar-refractivity contribution in [2.45, 2.75) is 24.0 Å². The van der Waals surface area contributed by atoms with Gasteiger partial charge in [-0.25, -0.2) is 5.43 Å². The summed E-state index contributed by atoms with van der Waals surface area (Å²) >= 11 is 7.22. The fourth-order valence-corrected chi connectivity index (χ4v) is 2.98. The van der Waals surface area contributed by atoms with E-state index in [2.05, 4.69) is 5.43 Å². The van der Waals surface area contributed by atoms with Crippen LogP contribution < -0.4 is 15.6 Å². The molecule has 1 atom stereocenters. The van der Waals surface area contributed by atoms with Crippen LogP contribution in [0.2, 0.25) is 5.02 Å². The molecule has 3 nitrogen and oxygen atoms in total. The Balaban J connectivity index is 2.03. The van der Waals surface area contributed by atoms with E-state index >= 15 is 0 Å². The number of nitrogens with zero attached hydrogens (tertiary/aromatic N) is 1. The molecule has 0 spiro atoms. The third-order valence-corrected chi connectivity index (χ3v) is 4.84. The third-order valence-electron chi connectivity index (χ3n) is 3.88. The van der Waals surface area contributed by atoms with Crippen molar-refractivity contribution in [3.8, 4) is 0 Å². The Morgan fingerprint density at radius 1 is 1.16 bits per heavy atom. The second-order valence-electron chi connectivity index (χ2n) is 5.61. The molecular formula is C17H15ClF3N3S. The van der Waals surface area contributed by atoms with E-state index in [0.717, 1.165) is 28.5 Å². The van der Waals surface area contributed by atoms with Crippen LogP contribution in [0, 0.1) is 6.92 Å². The zero-order chi connectivity index (χ0) is 18.2. The van der Waals surface area contributed by atoms with E-state index in [1.54, 1.807) is 42.5 Å². The smallest absolute Gasteiger partial charge is 0.276 e. The van der Waals surface area contributed by atoms with Gasteiger partial charge in [-0.05, 0) is 60.8 Å². The number of aryl methyl sites for hydroxylation is 1. The largest absolute Gasteiger partial charge is 0.409 e. The molecule has 3 N–H and O–H groups in total. The van der Waals surface area contributed by atoms with Gasteiger partial charge in [0.2, 0.25) is 0 Å². The number of hydrogen-bond acceptors (Lipinski definition) is 4. The van der Waals surface area contributed by atoms with Crippen LogP contribution in [0.15, 0.2) is 53.4 Å². The van der Waals surface area contributed by atoms with Crippen molar-refractivity contribution in [1.29, 1.82) is 0 Å². The van der Waals surface area contributed by atoms with E-state index in [4.69, 9.17) is 16.7 Å². The van der Waals surface area contributed by atoms with E-state index in [0.29, 0.717) is 22.0 Å². The van der Waals surface area contributed by atoms with Crippen molar-refractivity contribution in [3.63, 3.8) is 0 Å². The van der Waals surface area contributed by atoms with Crippen LogP contribution >= 0.6 is 23.5 Å². The molecule has 0 fully saturated rings. The quantitative estimate of drug-likeness (QED) is 0.736. The van der Waals surface area contributed by atoms with E-state index in [1.165, 1.54) is 5.01 Å². The molecule has 0 aromatic heterocycles. The summed E-state index contributed by atoms with van der Waals surface area (Å²) in [6.45, 7) is 1.84. The summed E-state index contributed by atoms with van der Waals surface area (Å²) in [7, 11) is 0. The van der Waals surface area contributed by atoms with E-state index in [9.17, 15) is 13.2 Å². The van der Waals surface area contributed by atoms with Crippen molar-refractivity contribution in [3.05, 3.63) is 64.7 Å². The number of halogens is 4. The second kappa shape index (κ2) is 6.92. The maximum atomic E-state index is 13.2. The molecular weight excluding hydrogens is 371 g/mol. The number of rotatable bonds is 3. The Hall–Kier alpha value is -1.67. The van der Waals surface area contributed by atoms with Crippen molar-refractivity contribution < 1.29 is 13.2 Å². The molecule has 0 saturated heterocycles. The number of nitrogens with one attached hydrogen (secondary N) is 1. The van der Waals surface area contributed by atoms with Gasteiger partial charge >= 0.3 is 6.18 Å². The number of benzene rings is 2. The van der Waals surface area contributed by atoms with Crippen molar-refractivity contribution >= 4 is 34.9 Å². The number of hydrogen-bond donors (Lipinski definition) is 2. The lowest BCUT2D eigenvalue weighted by molar-refractivity contribution is -0.142. The molecule has 0 saturated carbocycles. The molecule has 132 valence electrons. The molecule has 3 rings (SSSR count). The zero-order valence-corrected chi connectivity index (χ0v) is 14.7. The highest BCUT2D eigenvalue weighted by Gasteiger charge is 2.43. The Bertz CT molecular complexity index is 806. The van der Waals surface area contributed by atoms with Crippen LogP contribution in [0.4, 0.5) is 18.9 Å². The first-order valence-electron chi connectivity index (χ1n) is 7.38. The molecule has 0 radical (unpaired) electrons. The van der Waals surface area contributed by atoms with Gasteiger partial charge in [0.25, 0.3) is 0 Å². The summed E-state index contributed by atoms with van der Waals surface area (Å²) in [5, 5.41) is 7.42. The van der Waals surface area contributed by atoms with Crippen molar-refractivity contribution in [1.82, 2.24) is 5.43 Å². The maximum absolute atomic E-state index is 13.2. The molecule has 0 bridgehead atoms. The minimum Gasteiger partial charge on any atom is -0.276 e. The minimum absolute atomic E-state index is 0.400. The standard InChI is InChI=1S/C17H15ClF3N3S/c1-10-2-3-11(8-14(10)18)15-9-16(17(19,20)21)23-24(15)12-4-6-13(25-22)7-5-12/h2-9,16,23H,22H2,1H3. The Labute approximate surface area is 152 Å². The number of nitrogens with two attached hydrogens (primary N) is 1. The summed E-state index contributed by atoms with van der Waals surface area (Å²) in [6, 6.07) is 10.4. The van der Waals surface area contributed by atoms with E-state index in [-0.39, 0.29) is 0 Å². The van der Waals surface area contributed by atoms with Gasteiger partial charge in [-0.2, -0.15) is 13.2 Å². The Morgan fingerprint density at radius 3 is 2.40 bits per heavy atom. The predicted octanol–water partition coefficient (Wildman–Crippen LogP) is 4.91. The first-order valence-corrected chi connectivity index (χ1v) is 8.63. The lowest BCUT2D eigenvalue weighted by Crippen LogP contribution is -2.44. The summed E-state index contributed by atoms with van der Waals surface area (Å²) < 4.78 is 39.7. The van der Waals surface area contributed by atoms with Crippen LogP contribution in [0.3, 0.4) is 0 Å². The van der Waals surface area contributed by atoms with Gasteiger partial charge in [-0.15, -0.1) is 0 Å². The molecule has 25 heavy (non-hydrogen) atoms. The summed E-state index contributed by atoms with van der Waals surface area (Å²) in [4.78, 5) is 0.819. The average molecular weight is 386 g/mol. The van der Waals surface area contributed by atoms with Gasteiger partial charge in [0.15, 0.2) is 0 Å². The van der Waals surface area contributed by atoms with Gasteiger partial charge in [0.1, 0.15) is 6.04 Å². The van der Waals surface area contributed by atoms with Gasteiger partial charge in [-0.3, -0.25) is 10.1 Å². The molecule has 1 aliphatic heterocycles. The highest BCUT2D eigenvalue weighted by molar-refractivity contribution is 7.97. The zero-order valence-electron chi connectivity index (χ0n) is 13.1. The highest BCUT2D eigenvalue weighted by Crippen LogP contribution is 2.36. The first-order chi connectivity index (χ1) is 11.8. The summed E-state index contributed by atoms with van der Waals surface area (Å²) in [5.74, 6) is 0. The SMILES string of the molecule is Cc1ccc(C2=CC(C(F)(F)F)NN2c2ccc(SN)cc2)cc1Cl. The van der Waals surface area contributed by atoms with Gasteiger partial charge in [-0.1, -0.05) is 23.7 Å². The normalized spacial score (nSPS) is 17.8. The van der Waals surface area contributed by atoms with Gasteiger partial charge in [0, 0.05) is 15.5 Å². The molecule has 2 aromatic rings. The van der Waals surface area contributed by atoms with Crippen molar-refractivity contribution in [2.75, 3.05) is 5.01 Å². The number of anilines is 1. The second-order valence-corrected chi connectivity index (χ2v) is 6.73. The molecule has 1 aliphatic rings. The monoisotopic (exact) mass is 385 g/mol. The van der Waals surface area contributed by atoms with Gasteiger partial charge in [0.05, 0.1) is 11.4 Å². The van der Waals surface area contributed by atoms with Crippen LogP contribution in [0.25, 0.3) is 5.70 Å². The fraction of sp³-hybridized carbons (Fsp3) is 0.176. The third kappa shape index (κ3) is 3.79. The number of alkyl halides is 3. The Morgan fingerprint density at radius 2 is 1.84 bits per heavy atom. The molecule has 2 aromatic carbocycles. The summed E-state index contributed by atoms with van der Waals surface area (Å²) in [6.07, 6.45) is -3.24. The number of hydrazine groups is 1. The van der Waals surface area contributed by atoms with E-state index in [1.807, 2.05) is 6.92 Å². The van der Waals surface area contributed by atoms with Crippen LogP contribution in [0.5, 0.6) is 0 Å². The average Bonchev–Trinajstić information content (AvgIpc) is 3.03. The predicted molar refractivity (Wildman–Crippen MR) is 96.1 cm³/mol. The van der Waals surface area contributed by atoms with Crippen LogP contribution in [-0.4, -0.2) is 12.2 Å². The van der Waals surface area contributed by atoms with Crippen molar-refractivity contribution in [2.24, 2.45) is 5.14 Å². The first kappa shape index (κ1) is 18.1. The summed E-state index contributed by atoms with van der Waals surface area (Å²) in [5.41, 5.74) is 4.94. The lowest BCUT2D eigenvalue weighted by atomic mass is 10.1. The van der Waals surface area contributed by atoms with Gasteiger partial charge < -0.3 is 0 Å².